The van der Waals surface area contributed by atoms with E-state index in [1.165, 1.54) is 24.8 Å². The molecule has 0 heterocycles. The van der Waals surface area contributed by atoms with Gasteiger partial charge in [0.05, 0.1) is 10.5 Å². The SMILES string of the molecule is CSc1ccc([N+](=O)[O-])c(C(Cl)C(C)=O)c1. The van der Waals surface area contributed by atoms with Crippen LogP contribution < -0.4 is 0 Å². The number of nitro benzene ring substituents is 1. The number of carbonyl (C=O) groups is 1. The summed E-state index contributed by atoms with van der Waals surface area (Å²) in [6.45, 7) is 1.31. The van der Waals surface area contributed by atoms with Crippen molar-refractivity contribution in [3.05, 3.63) is 33.9 Å². The van der Waals surface area contributed by atoms with Crippen molar-refractivity contribution >= 4 is 34.8 Å². The van der Waals surface area contributed by atoms with Gasteiger partial charge in [-0.2, -0.15) is 0 Å². The Kier molecular flexibility index (Phi) is 4.32. The van der Waals surface area contributed by atoms with E-state index in [2.05, 4.69) is 0 Å². The Bertz CT molecular complexity index is 436. The van der Waals surface area contributed by atoms with E-state index >= 15 is 0 Å². The molecule has 0 bridgehead atoms. The van der Waals surface area contributed by atoms with Gasteiger partial charge in [0, 0.05) is 11.0 Å². The van der Waals surface area contributed by atoms with Gasteiger partial charge in [0.2, 0.25) is 0 Å². The summed E-state index contributed by atoms with van der Waals surface area (Å²) >= 11 is 7.30. The van der Waals surface area contributed by atoms with E-state index < -0.39 is 10.3 Å². The van der Waals surface area contributed by atoms with Crippen molar-refractivity contribution in [2.75, 3.05) is 6.26 Å². The van der Waals surface area contributed by atoms with Gasteiger partial charge < -0.3 is 0 Å². The molecule has 0 aliphatic rings. The van der Waals surface area contributed by atoms with Gasteiger partial charge in [-0.3, -0.25) is 14.9 Å². The molecular formula is C10H10ClNO3S. The molecule has 16 heavy (non-hydrogen) atoms. The fourth-order valence-electron chi connectivity index (χ4n) is 1.25. The Morgan fingerprint density at radius 3 is 2.62 bits per heavy atom. The number of benzene rings is 1. The zero-order valence-corrected chi connectivity index (χ0v) is 10.3. The lowest BCUT2D eigenvalue weighted by Gasteiger charge is -2.08. The van der Waals surface area contributed by atoms with Crippen LogP contribution in [0.15, 0.2) is 23.1 Å². The molecule has 0 fully saturated rings. The molecule has 0 aliphatic heterocycles. The summed E-state index contributed by atoms with van der Waals surface area (Å²) in [6, 6.07) is 4.59. The summed E-state index contributed by atoms with van der Waals surface area (Å²) < 4.78 is 0. The summed E-state index contributed by atoms with van der Waals surface area (Å²) in [5.41, 5.74) is 0.138. The highest BCUT2D eigenvalue weighted by Gasteiger charge is 2.23. The highest BCUT2D eigenvalue weighted by atomic mass is 35.5. The molecule has 4 nitrogen and oxygen atoms in total. The van der Waals surface area contributed by atoms with Gasteiger partial charge in [-0.25, -0.2) is 0 Å². The van der Waals surface area contributed by atoms with Gasteiger partial charge in [0.15, 0.2) is 5.78 Å². The van der Waals surface area contributed by atoms with Crippen molar-refractivity contribution in [1.82, 2.24) is 0 Å². The molecule has 0 aromatic heterocycles. The molecule has 1 aromatic carbocycles. The van der Waals surface area contributed by atoms with Crippen molar-refractivity contribution in [2.45, 2.75) is 17.2 Å². The predicted molar refractivity (Wildman–Crippen MR) is 64.2 cm³/mol. The minimum atomic E-state index is -0.965. The van der Waals surface area contributed by atoms with E-state index in [-0.39, 0.29) is 17.0 Å². The first-order valence-corrected chi connectivity index (χ1v) is 6.10. The maximum absolute atomic E-state index is 11.2. The first kappa shape index (κ1) is 13.0. The summed E-state index contributed by atoms with van der Waals surface area (Å²) in [4.78, 5) is 22.2. The number of nitrogens with zero attached hydrogens (tertiary/aromatic N) is 1. The number of hydrogen-bond donors (Lipinski definition) is 0. The monoisotopic (exact) mass is 259 g/mol. The van der Waals surface area contributed by atoms with Crippen LogP contribution in [0.1, 0.15) is 17.9 Å². The Morgan fingerprint density at radius 2 is 2.19 bits per heavy atom. The summed E-state index contributed by atoms with van der Waals surface area (Å²) in [5.74, 6) is -0.303. The van der Waals surface area contributed by atoms with Gasteiger partial charge in [0.25, 0.3) is 5.69 Å². The number of rotatable bonds is 4. The van der Waals surface area contributed by atoms with E-state index in [0.717, 1.165) is 4.90 Å². The molecule has 0 radical (unpaired) electrons. The van der Waals surface area contributed by atoms with E-state index in [0.29, 0.717) is 0 Å². The van der Waals surface area contributed by atoms with Crippen LogP contribution in [0.5, 0.6) is 0 Å². The van der Waals surface area contributed by atoms with E-state index in [1.807, 2.05) is 6.26 Å². The van der Waals surface area contributed by atoms with E-state index in [9.17, 15) is 14.9 Å². The van der Waals surface area contributed by atoms with Crippen molar-refractivity contribution in [3.8, 4) is 0 Å². The molecule has 86 valence electrons. The van der Waals surface area contributed by atoms with Crippen molar-refractivity contribution in [3.63, 3.8) is 0 Å². The van der Waals surface area contributed by atoms with Gasteiger partial charge in [-0.05, 0) is 25.3 Å². The Hall–Kier alpha value is -1.07. The maximum Gasteiger partial charge on any atom is 0.274 e. The van der Waals surface area contributed by atoms with Gasteiger partial charge in [0.1, 0.15) is 5.38 Å². The second kappa shape index (κ2) is 5.32. The first-order valence-electron chi connectivity index (χ1n) is 4.44. The smallest absolute Gasteiger partial charge is 0.274 e. The molecule has 6 heteroatoms. The highest BCUT2D eigenvalue weighted by molar-refractivity contribution is 7.98. The van der Waals surface area contributed by atoms with Crippen LogP contribution in [0.4, 0.5) is 5.69 Å². The van der Waals surface area contributed by atoms with Crippen LogP contribution in [0.3, 0.4) is 0 Å². The lowest BCUT2D eigenvalue weighted by Crippen LogP contribution is -2.05. The molecule has 0 N–H and O–H groups in total. The standard InChI is InChI=1S/C10H10ClNO3S/c1-6(13)10(11)8-5-7(16-2)3-4-9(8)12(14)15/h3-5,10H,1-2H3. The van der Waals surface area contributed by atoms with Crippen LogP contribution in [0.25, 0.3) is 0 Å². The molecule has 1 unspecified atom stereocenters. The zero-order chi connectivity index (χ0) is 12.3. The van der Waals surface area contributed by atoms with Gasteiger partial charge >= 0.3 is 0 Å². The van der Waals surface area contributed by atoms with Crippen molar-refractivity contribution in [2.24, 2.45) is 0 Å². The second-order valence-corrected chi connectivity index (χ2v) is 4.47. The molecule has 1 atom stereocenters. The van der Waals surface area contributed by atoms with Crippen LogP contribution in [0, 0.1) is 10.1 Å². The lowest BCUT2D eigenvalue weighted by atomic mass is 10.1. The molecule has 0 aliphatic carbocycles. The molecule has 0 saturated carbocycles. The number of Topliss-reactive ketones (excluding diaryl/α,β-unsaturated/α-hetero) is 1. The van der Waals surface area contributed by atoms with Crippen LogP contribution in [-0.4, -0.2) is 17.0 Å². The first-order chi connectivity index (χ1) is 7.47. The average Bonchev–Trinajstić information content (AvgIpc) is 2.26. The number of thioether (sulfide) groups is 1. The Labute approximate surface area is 102 Å². The topological polar surface area (TPSA) is 60.2 Å². The number of nitro groups is 1. The summed E-state index contributed by atoms with van der Waals surface area (Å²) in [7, 11) is 0. The average molecular weight is 260 g/mol. The highest BCUT2D eigenvalue weighted by Crippen LogP contribution is 2.33. The van der Waals surface area contributed by atoms with Crippen molar-refractivity contribution < 1.29 is 9.72 Å². The number of carbonyl (C=O) groups excluding carboxylic acids is 1. The third kappa shape index (κ3) is 2.74. The van der Waals surface area contributed by atoms with E-state index in [4.69, 9.17) is 11.6 Å². The third-order valence-corrected chi connectivity index (χ3v) is 3.33. The second-order valence-electron chi connectivity index (χ2n) is 3.16. The number of halogens is 1. The zero-order valence-electron chi connectivity index (χ0n) is 8.77. The number of hydrogen-bond acceptors (Lipinski definition) is 4. The predicted octanol–water partition coefficient (Wildman–Crippen LogP) is 3.19. The molecule has 1 rings (SSSR count). The van der Waals surface area contributed by atoms with E-state index in [1.54, 1.807) is 12.1 Å². The normalized spacial score (nSPS) is 12.2. The summed E-state index contributed by atoms with van der Waals surface area (Å²) in [5, 5.41) is 9.81. The molecular weight excluding hydrogens is 250 g/mol. The maximum atomic E-state index is 11.2. The molecule has 0 spiro atoms. The molecule has 0 saturated heterocycles. The Balaban J connectivity index is 3.30. The number of alkyl halides is 1. The lowest BCUT2D eigenvalue weighted by molar-refractivity contribution is -0.385. The largest absolute Gasteiger partial charge is 0.298 e. The molecule has 0 amide bonds. The van der Waals surface area contributed by atoms with Crippen LogP contribution >= 0.6 is 23.4 Å². The van der Waals surface area contributed by atoms with Gasteiger partial charge in [-0.15, -0.1) is 23.4 Å². The minimum absolute atomic E-state index is 0.118. The Morgan fingerprint density at radius 1 is 1.56 bits per heavy atom. The van der Waals surface area contributed by atoms with Crippen LogP contribution in [0.2, 0.25) is 0 Å². The summed E-state index contributed by atoms with van der Waals surface area (Å²) in [6.07, 6.45) is 1.85. The van der Waals surface area contributed by atoms with Gasteiger partial charge in [-0.1, -0.05) is 0 Å². The van der Waals surface area contributed by atoms with Crippen molar-refractivity contribution in [1.29, 1.82) is 0 Å². The minimum Gasteiger partial charge on any atom is -0.298 e. The fourth-order valence-corrected chi connectivity index (χ4v) is 1.87. The fraction of sp³-hybridized carbons (Fsp3) is 0.300. The number of ketones is 1. The van der Waals surface area contributed by atoms with Crippen LogP contribution in [-0.2, 0) is 4.79 Å². The third-order valence-electron chi connectivity index (χ3n) is 2.06. The molecule has 1 aromatic rings. The quantitative estimate of drug-likeness (QED) is 0.361.